The van der Waals surface area contributed by atoms with Crippen molar-refractivity contribution < 1.29 is 44.3 Å². The highest BCUT2D eigenvalue weighted by molar-refractivity contribution is 5.74. The summed E-state index contributed by atoms with van der Waals surface area (Å²) in [6.45, 7) is 6.15. The average molecular weight is 761 g/mol. The Labute approximate surface area is 322 Å². The summed E-state index contributed by atoms with van der Waals surface area (Å²) in [4.78, 5) is 41.9. The molecule has 4 atom stereocenters. The lowest BCUT2D eigenvalue weighted by Crippen LogP contribution is -2.32. The number of carboxylic acids is 4. The quantitative estimate of drug-likeness (QED) is 0.0853. The van der Waals surface area contributed by atoms with Gasteiger partial charge in [0, 0.05) is 0 Å². The van der Waals surface area contributed by atoms with Crippen LogP contribution in [0.5, 0.6) is 5.75 Å². The summed E-state index contributed by atoms with van der Waals surface area (Å²) >= 11 is 0. The molecule has 12 N–H and O–H groups in total. The Morgan fingerprint density at radius 1 is 0.455 bits per heavy atom. The van der Waals surface area contributed by atoms with E-state index in [9.17, 15) is 19.2 Å². The molecule has 13 nitrogen and oxygen atoms in total. The van der Waals surface area contributed by atoms with Crippen LogP contribution in [-0.2, 0) is 57.7 Å². The standard InChI is InChI=1S/2C11H15NO2.C10H13NO3.C10H13NO2/c2*1-2-8-3-5-9(6-4-8)7-10(12)11(13)14;1-14-8-4-2-7(3-5-8)6-9(11)10(12)13;1-7-2-4-8(5-3-7)6-9(11)10(12)13/h2*3-6,10H,2,7,12H2,1H3,(H,13,14);2-5,9H,6,11H2,1H3,(H,12,13);2-5,9H,6,11H2,1H3,(H,12,13)/t2*10-;2*9-/m0000/s1. The summed E-state index contributed by atoms with van der Waals surface area (Å²) in [5.41, 5.74) is 29.1. The maximum Gasteiger partial charge on any atom is 0.320 e. The molecule has 0 fully saturated rings. The van der Waals surface area contributed by atoms with Gasteiger partial charge in [-0.05, 0) is 91.0 Å². The molecule has 4 rings (SSSR count). The average Bonchev–Trinajstić information content (AvgIpc) is 3.17. The molecule has 4 aromatic carbocycles. The van der Waals surface area contributed by atoms with Crippen LogP contribution in [0.25, 0.3) is 0 Å². The van der Waals surface area contributed by atoms with Crippen LogP contribution in [-0.4, -0.2) is 75.6 Å². The highest BCUT2D eigenvalue weighted by atomic mass is 16.5. The van der Waals surface area contributed by atoms with Crippen LogP contribution in [0.1, 0.15) is 52.8 Å². The maximum atomic E-state index is 10.5. The zero-order valence-electron chi connectivity index (χ0n) is 31.9. The maximum absolute atomic E-state index is 10.5. The van der Waals surface area contributed by atoms with Gasteiger partial charge in [0.25, 0.3) is 0 Å². The fraction of sp³-hybridized carbons (Fsp3) is 0.333. The first-order valence-corrected chi connectivity index (χ1v) is 17.8. The van der Waals surface area contributed by atoms with Gasteiger partial charge < -0.3 is 48.1 Å². The van der Waals surface area contributed by atoms with E-state index < -0.39 is 48.0 Å². The minimum atomic E-state index is -0.985. The van der Waals surface area contributed by atoms with E-state index in [0.717, 1.165) is 46.4 Å². The molecule has 0 saturated carbocycles. The molecule has 0 aromatic heterocycles. The summed E-state index contributed by atoms with van der Waals surface area (Å²) < 4.78 is 4.97. The van der Waals surface area contributed by atoms with Crippen LogP contribution in [0.2, 0.25) is 0 Å². The molecule has 0 heterocycles. The van der Waals surface area contributed by atoms with Crippen molar-refractivity contribution in [3.05, 3.63) is 136 Å². The summed E-state index contributed by atoms with van der Waals surface area (Å²) in [6.07, 6.45) is 3.48. The topological polar surface area (TPSA) is 263 Å². The molecule has 0 unspecified atom stereocenters. The van der Waals surface area contributed by atoms with Crippen molar-refractivity contribution in [1.82, 2.24) is 0 Å². The summed E-state index contributed by atoms with van der Waals surface area (Å²) in [6, 6.07) is 27.4. The number of hydrogen-bond donors (Lipinski definition) is 8. The smallest absolute Gasteiger partial charge is 0.320 e. The second-order valence-corrected chi connectivity index (χ2v) is 12.8. The molecule has 4 aromatic rings. The molecule has 0 spiro atoms. The van der Waals surface area contributed by atoms with Crippen molar-refractivity contribution >= 4 is 23.9 Å². The van der Waals surface area contributed by atoms with Gasteiger partial charge in [-0.1, -0.05) is 104 Å². The number of carboxylic acid groups (broad SMARTS) is 4. The number of methoxy groups -OCH3 is 1. The number of rotatable bonds is 15. The molecule has 13 heteroatoms. The number of ether oxygens (including phenoxy) is 1. The summed E-state index contributed by atoms with van der Waals surface area (Å²) in [7, 11) is 1.58. The SMILES string of the molecule is CCc1ccc(C[C@H](N)C(=O)O)cc1.CCc1ccc(C[C@H](N)C(=O)O)cc1.COc1ccc(C[C@H](N)C(=O)O)cc1.Cc1ccc(C[C@H](N)C(=O)O)cc1. The Balaban J connectivity index is 0.000000367. The van der Waals surface area contributed by atoms with Gasteiger partial charge in [-0.25, -0.2) is 0 Å². The largest absolute Gasteiger partial charge is 0.497 e. The lowest BCUT2D eigenvalue weighted by atomic mass is 10.0. The number of aliphatic carboxylic acids is 4. The van der Waals surface area contributed by atoms with E-state index in [1.165, 1.54) is 11.1 Å². The molecule has 55 heavy (non-hydrogen) atoms. The molecule has 0 saturated heterocycles. The minimum Gasteiger partial charge on any atom is -0.497 e. The van der Waals surface area contributed by atoms with Crippen LogP contribution in [0, 0.1) is 6.92 Å². The van der Waals surface area contributed by atoms with Gasteiger partial charge in [-0.15, -0.1) is 0 Å². The van der Waals surface area contributed by atoms with Crippen molar-refractivity contribution in [3.8, 4) is 5.75 Å². The molecule has 0 radical (unpaired) electrons. The lowest BCUT2D eigenvalue weighted by molar-refractivity contribution is -0.139. The van der Waals surface area contributed by atoms with E-state index in [4.69, 9.17) is 48.1 Å². The molecule has 0 bridgehead atoms. The van der Waals surface area contributed by atoms with Gasteiger partial charge in [0.05, 0.1) is 7.11 Å². The molecular weight excluding hydrogens is 704 g/mol. The van der Waals surface area contributed by atoms with Crippen LogP contribution in [0.15, 0.2) is 97.1 Å². The Bertz CT molecular complexity index is 1580. The molecule has 0 aliphatic rings. The van der Waals surface area contributed by atoms with Gasteiger partial charge in [0.2, 0.25) is 0 Å². The fourth-order valence-corrected chi connectivity index (χ4v) is 4.67. The molecule has 0 aliphatic carbocycles. The first-order chi connectivity index (χ1) is 26.0. The predicted molar refractivity (Wildman–Crippen MR) is 213 cm³/mol. The van der Waals surface area contributed by atoms with E-state index >= 15 is 0 Å². The van der Waals surface area contributed by atoms with Crippen LogP contribution in [0.3, 0.4) is 0 Å². The highest BCUT2D eigenvalue weighted by Crippen LogP contribution is 2.12. The minimum absolute atomic E-state index is 0.333. The molecule has 0 aliphatic heterocycles. The Morgan fingerprint density at radius 2 is 0.673 bits per heavy atom. The van der Waals surface area contributed by atoms with Crippen LogP contribution >= 0.6 is 0 Å². The first-order valence-electron chi connectivity index (χ1n) is 17.8. The third kappa shape index (κ3) is 19.9. The normalized spacial score (nSPS) is 12.4. The van der Waals surface area contributed by atoms with Crippen molar-refractivity contribution in [3.63, 3.8) is 0 Å². The van der Waals surface area contributed by atoms with E-state index in [2.05, 4.69) is 13.8 Å². The Hall–Kier alpha value is -5.60. The second kappa shape index (κ2) is 25.4. The Morgan fingerprint density at radius 3 is 0.891 bits per heavy atom. The van der Waals surface area contributed by atoms with Crippen LogP contribution < -0.4 is 27.7 Å². The first kappa shape index (κ1) is 47.4. The predicted octanol–water partition coefficient (Wildman–Crippen LogP) is 4.01. The molecule has 298 valence electrons. The molecule has 0 amide bonds. The zero-order chi connectivity index (χ0) is 41.5. The van der Waals surface area contributed by atoms with E-state index in [1.807, 2.05) is 91.9 Å². The van der Waals surface area contributed by atoms with Gasteiger partial charge in [0.15, 0.2) is 0 Å². The van der Waals surface area contributed by atoms with Crippen LogP contribution in [0.4, 0.5) is 0 Å². The zero-order valence-corrected chi connectivity index (χ0v) is 31.9. The number of benzene rings is 4. The third-order valence-electron chi connectivity index (χ3n) is 8.23. The lowest BCUT2D eigenvalue weighted by Gasteiger charge is -2.06. The Kier molecular flexibility index (Phi) is 21.9. The van der Waals surface area contributed by atoms with Gasteiger partial charge >= 0.3 is 23.9 Å². The van der Waals surface area contributed by atoms with Crippen molar-refractivity contribution in [2.75, 3.05) is 7.11 Å². The van der Waals surface area contributed by atoms with Gasteiger partial charge in [0.1, 0.15) is 29.9 Å². The van der Waals surface area contributed by atoms with E-state index in [0.29, 0.717) is 25.7 Å². The number of aryl methyl sites for hydroxylation is 3. The van der Waals surface area contributed by atoms with E-state index in [1.54, 1.807) is 19.2 Å². The summed E-state index contributed by atoms with van der Waals surface area (Å²) in [5, 5.41) is 34.4. The third-order valence-corrected chi connectivity index (χ3v) is 8.23. The van der Waals surface area contributed by atoms with Crippen molar-refractivity contribution in [2.45, 2.75) is 83.5 Å². The number of nitrogens with two attached hydrogens (primary N) is 4. The number of carbonyl (C=O) groups is 4. The molecular formula is C42H56N4O9. The highest BCUT2D eigenvalue weighted by Gasteiger charge is 2.14. The van der Waals surface area contributed by atoms with Gasteiger partial charge in [-0.3, -0.25) is 19.2 Å². The second-order valence-electron chi connectivity index (χ2n) is 12.8. The van der Waals surface area contributed by atoms with E-state index in [-0.39, 0.29) is 0 Å². The van der Waals surface area contributed by atoms with Crippen molar-refractivity contribution in [1.29, 1.82) is 0 Å². The van der Waals surface area contributed by atoms with Gasteiger partial charge in [-0.2, -0.15) is 0 Å². The number of hydrogen-bond acceptors (Lipinski definition) is 9. The summed E-state index contributed by atoms with van der Waals surface area (Å²) in [5.74, 6) is -3.10. The van der Waals surface area contributed by atoms with Crippen molar-refractivity contribution in [2.24, 2.45) is 22.9 Å². The fourth-order valence-electron chi connectivity index (χ4n) is 4.67. The monoisotopic (exact) mass is 760 g/mol.